The van der Waals surface area contributed by atoms with Gasteiger partial charge in [-0.05, 0) is 37.6 Å². The molecule has 0 aliphatic heterocycles. The molecule has 0 saturated carbocycles. The van der Waals surface area contributed by atoms with Gasteiger partial charge in [0.1, 0.15) is 6.04 Å². The Hall–Kier alpha value is -1.56. The quantitative estimate of drug-likeness (QED) is 0.812. The van der Waals surface area contributed by atoms with Gasteiger partial charge in [0.25, 0.3) is 0 Å². The van der Waals surface area contributed by atoms with Gasteiger partial charge >= 0.3 is 12.0 Å². The first-order valence-corrected chi connectivity index (χ1v) is 8.01. The molecular weight excluding hydrogens is 288 g/mol. The van der Waals surface area contributed by atoms with Gasteiger partial charge < -0.3 is 15.3 Å². The summed E-state index contributed by atoms with van der Waals surface area (Å²) in [5.74, 6) is -0.784. The standard InChI is InChI=1S/C15H24N2O3S/c1-10(2)8-13(14(18)19)16-15(20)17(11(3)4)9-12-6-5-7-21-12/h5-7,10-11,13H,8-9H2,1-4H3,(H,16,20)(H,18,19)/t13-/m1/s1. The molecule has 0 saturated heterocycles. The van der Waals surface area contributed by atoms with E-state index in [4.69, 9.17) is 0 Å². The average molecular weight is 312 g/mol. The summed E-state index contributed by atoms with van der Waals surface area (Å²) in [6.07, 6.45) is 0.423. The van der Waals surface area contributed by atoms with Crippen molar-refractivity contribution in [1.29, 1.82) is 0 Å². The van der Waals surface area contributed by atoms with Gasteiger partial charge in [0, 0.05) is 10.9 Å². The van der Waals surface area contributed by atoms with Crippen LogP contribution >= 0.6 is 11.3 Å². The smallest absolute Gasteiger partial charge is 0.326 e. The van der Waals surface area contributed by atoms with Crippen molar-refractivity contribution in [3.63, 3.8) is 0 Å². The molecule has 0 spiro atoms. The molecule has 6 heteroatoms. The van der Waals surface area contributed by atoms with Gasteiger partial charge in [-0.2, -0.15) is 0 Å². The van der Waals surface area contributed by atoms with Crippen molar-refractivity contribution in [2.45, 2.75) is 52.7 Å². The molecule has 0 aliphatic carbocycles. The number of nitrogens with zero attached hydrogens (tertiary/aromatic N) is 1. The van der Waals surface area contributed by atoms with Crippen LogP contribution < -0.4 is 5.32 Å². The molecule has 21 heavy (non-hydrogen) atoms. The number of carbonyl (C=O) groups is 2. The van der Waals surface area contributed by atoms with Crippen molar-refractivity contribution in [3.05, 3.63) is 22.4 Å². The summed E-state index contributed by atoms with van der Waals surface area (Å²) in [5.41, 5.74) is 0. The molecule has 0 bridgehead atoms. The molecule has 2 N–H and O–H groups in total. The van der Waals surface area contributed by atoms with Gasteiger partial charge in [0.2, 0.25) is 0 Å². The molecule has 5 nitrogen and oxygen atoms in total. The highest BCUT2D eigenvalue weighted by Crippen LogP contribution is 2.15. The average Bonchev–Trinajstić information content (AvgIpc) is 2.86. The van der Waals surface area contributed by atoms with Crippen molar-refractivity contribution in [1.82, 2.24) is 10.2 Å². The fraction of sp³-hybridized carbons (Fsp3) is 0.600. The normalized spacial score (nSPS) is 12.5. The first-order chi connectivity index (χ1) is 9.81. The molecule has 0 aliphatic rings. The Morgan fingerprint density at radius 1 is 1.33 bits per heavy atom. The van der Waals surface area contributed by atoms with Gasteiger partial charge in [-0.15, -0.1) is 11.3 Å². The third-order valence-electron chi connectivity index (χ3n) is 3.09. The number of urea groups is 1. The molecule has 0 fully saturated rings. The lowest BCUT2D eigenvalue weighted by atomic mass is 10.0. The van der Waals surface area contributed by atoms with Crippen molar-refractivity contribution in [3.8, 4) is 0 Å². The van der Waals surface area contributed by atoms with E-state index >= 15 is 0 Å². The first-order valence-electron chi connectivity index (χ1n) is 7.13. The van der Waals surface area contributed by atoms with Crippen LogP contribution in [-0.2, 0) is 11.3 Å². The van der Waals surface area contributed by atoms with E-state index in [1.807, 2.05) is 45.2 Å². The largest absolute Gasteiger partial charge is 0.480 e. The molecule has 1 aromatic heterocycles. The van der Waals surface area contributed by atoms with Crippen LogP contribution in [0.5, 0.6) is 0 Å². The molecule has 1 rings (SSSR count). The molecular formula is C15H24N2O3S. The predicted octanol–water partition coefficient (Wildman–Crippen LogP) is 3.17. The van der Waals surface area contributed by atoms with Crippen LogP contribution in [0.15, 0.2) is 17.5 Å². The van der Waals surface area contributed by atoms with Crippen LogP contribution in [-0.4, -0.2) is 34.1 Å². The zero-order valence-corrected chi connectivity index (χ0v) is 13.8. The lowest BCUT2D eigenvalue weighted by Gasteiger charge is -2.28. The number of carbonyl (C=O) groups excluding carboxylic acids is 1. The topological polar surface area (TPSA) is 69.6 Å². The Kier molecular flexibility index (Phi) is 6.68. The van der Waals surface area contributed by atoms with E-state index in [1.54, 1.807) is 16.2 Å². The summed E-state index contributed by atoms with van der Waals surface area (Å²) in [6, 6.07) is 2.74. The second kappa shape index (κ2) is 8.02. The molecule has 1 aromatic rings. The van der Waals surface area contributed by atoms with Crippen LogP contribution in [0.25, 0.3) is 0 Å². The highest BCUT2D eigenvalue weighted by molar-refractivity contribution is 7.09. The maximum Gasteiger partial charge on any atom is 0.326 e. The number of nitrogens with one attached hydrogen (secondary N) is 1. The minimum atomic E-state index is -0.989. The summed E-state index contributed by atoms with van der Waals surface area (Å²) < 4.78 is 0. The number of carboxylic acids is 1. The fourth-order valence-electron chi connectivity index (χ4n) is 1.98. The van der Waals surface area contributed by atoms with E-state index in [2.05, 4.69) is 5.32 Å². The van der Waals surface area contributed by atoms with Gasteiger partial charge in [-0.3, -0.25) is 0 Å². The van der Waals surface area contributed by atoms with Crippen LogP contribution in [0.4, 0.5) is 4.79 Å². The predicted molar refractivity (Wildman–Crippen MR) is 84.4 cm³/mol. The number of amides is 2. The number of hydrogen-bond acceptors (Lipinski definition) is 3. The highest BCUT2D eigenvalue weighted by atomic mass is 32.1. The summed E-state index contributed by atoms with van der Waals surface area (Å²) in [6.45, 7) is 8.22. The van der Waals surface area contributed by atoms with Crippen molar-refractivity contribution >= 4 is 23.3 Å². The van der Waals surface area contributed by atoms with Crippen molar-refractivity contribution in [2.75, 3.05) is 0 Å². The van der Waals surface area contributed by atoms with E-state index in [1.165, 1.54) is 0 Å². The van der Waals surface area contributed by atoms with E-state index in [0.717, 1.165) is 4.88 Å². The van der Waals surface area contributed by atoms with Crippen molar-refractivity contribution in [2.24, 2.45) is 5.92 Å². The molecule has 1 atom stereocenters. The Balaban J connectivity index is 2.73. The van der Waals surface area contributed by atoms with E-state index < -0.39 is 12.0 Å². The summed E-state index contributed by atoms with van der Waals surface area (Å²) in [7, 11) is 0. The zero-order chi connectivity index (χ0) is 16.0. The molecule has 0 radical (unpaired) electrons. The van der Waals surface area contributed by atoms with E-state index in [-0.39, 0.29) is 18.0 Å². The Morgan fingerprint density at radius 3 is 2.43 bits per heavy atom. The summed E-state index contributed by atoms with van der Waals surface area (Å²) >= 11 is 1.58. The SMILES string of the molecule is CC(C)C[C@@H](NC(=O)N(Cc1cccs1)C(C)C)C(=O)O. The molecule has 0 unspecified atom stereocenters. The summed E-state index contributed by atoms with van der Waals surface area (Å²) in [5, 5.41) is 13.8. The maximum atomic E-state index is 12.4. The van der Waals surface area contributed by atoms with E-state index in [9.17, 15) is 14.7 Å². The second-order valence-electron chi connectivity index (χ2n) is 5.77. The number of carboxylic acid groups (broad SMARTS) is 1. The van der Waals surface area contributed by atoms with Crippen LogP contribution in [0.1, 0.15) is 39.0 Å². The summed E-state index contributed by atoms with van der Waals surface area (Å²) in [4.78, 5) is 26.3. The van der Waals surface area contributed by atoms with Crippen LogP contribution in [0.2, 0.25) is 0 Å². The van der Waals surface area contributed by atoms with E-state index in [0.29, 0.717) is 13.0 Å². The lowest BCUT2D eigenvalue weighted by Crippen LogP contribution is -2.50. The van der Waals surface area contributed by atoms with Crippen molar-refractivity contribution < 1.29 is 14.7 Å². The maximum absolute atomic E-state index is 12.4. The van der Waals surface area contributed by atoms with Gasteiger partial charge in [-0.25, -0.2) is 9.59 Å². The third-order valence-corrected chi connectivity index (χ3v) is 3.95. The number of aliphatic carboxylic acids is 1. The third kappa shape index (κ3) is 5.75. The fourth-order valence-corrected chi connectivity index (χ4v) is 2.69. The monoisotopic (exact) mass is 312 g/mol. The molecule has 118 valence electrons. The zero-order valence-electron chi connectivity index (χ0n) is 13.0. The minimum Gasteiger partial charge on any atom is -0.480 e. The second-order valence-corrected chi connectivity index (χ2v) is 6.80. The Labute approximate surface area is 130 Å². The molecule has 2 amide bonds. The number of hydrogen-bond donors (Lipinski definition) is 2. The Bertz CT molecular complexity index is 457. The van der Waals surface area contributed by atoms with Crippen LogP contribution in [0, 0.1) is 5.92 Å². The lowest BCUT2D eigenvalue weighted by molar-refractivity contribution is -0.139. The Morgan fingerprint density at radius 2 is 2.00 bits per heavy atom. The minimum absolute atomic E-state index is 0.000551. The molecule has 1 heterocycles. The molecule has 0 aromatic carbocycles. The van der Waals surface area contributed by atoms with Gasteiger partial charge in [0.15, 0.2) is 0 Å². The number of thiophene rings is 1. The number of rotatable bonds is 7. The first kappa shape index (κ1) is 17.5. The van der Waals surface area contributed by atoms with Gasteiger partial charge in [0.05, 0.1) is 6.54 Å². The highest BCUT2D eigenvalue weighted by Gasteiger charge is 2.25. The van der Waals surface area contributed by atoms with Crippen LogP contribution in [0.3, 0.4) is 0 Å². The van der Waals surface area contributed by atoms with Gasteiger partial charge in [-0.1, -0.05) is 19.9 Å².